The number of carbonyl (C=O) groups is 1. The molecule has 0 spiro atoms. The van der Waals surface area contributed by atoms with Crippen LogP contribution in [0.15, 0.2) is 29.2 Å². The largest absolute Gasteiger partial charge is 0.468 e. The number of esters is 1. The first-order valence-electron chi connectivity index (χ1n) is 5.43. The van der Waals surface area contributed by atoms with E-state index in [0.717, 1.165) is 31.4 Å². The Morgan fingerprint density at radius 2 is 1.84 bits per heavy atom. The van der Waals surface area contributed by atoms with E-state index in [1.807, 2.05) is 0 Å². The quantitative estimate of drug-likeness (QED) is 0.465. The minimum atomic E-state index is -3.88. The van der Waals surface area contributed by atoms with E-state index in [-0.39, 0.29) is 23.4 Å². The number of hydrogen-bond donors (Lipinski definition) is 0. The Hall–Kier alpha value is -1.96. The second-order valence-corrected chi connectivity index (χ2v) is 6.50. The fraction of sp³-hybridized carbons (Fsp3) is 0.364. The molecule has 19 heavy (non-hydrogen) atoms. The molecule has 1 saturated carbocycles. The summed E-state index contributed by atoms with van der Waals surface area (Å²) >= 11 is 0. The fourth-order valence-electron chi connectivity index (χ4n) is 1.85. The van der Waals surface area contributed by atoms with Gasteiger partial charge >= 0.3 is 5.97 Å². The van der Waals surface area contributed by atoms with Gasteiger partial charge in [-0.25, -0.2) is 8.42 Å². The fourth-order valence-corrected chi connectivity index (χ4v) is 3.74. The topological polar surface area (TPSA) is 104 Å². The van der Waals surface area contributed by atoms with Gasteiger partial charge in [-0.1, -0.05) is 0 Å². The zero-order valence-electron chi connectivity index (χ0n) is 10.0. The highest BCUT2D eigenvalue weighted by atomic mass is 32.2. The van der Waals surface area contributed by atoms with Crippen molar-refractivity contribution in [2.45, 2.75) is 22.5 Å². The molecule has 1 aliphatic rings. The van der Waals surface area contributed by atoms with Crippen molar-refractivity contribution in [3.05, 3.63) is 34.4 Å². The third kappa shape index (κ3) is 1.97. The van der Waals surface area contributed by atoms with E-state index in [9.17, 15) is 23.3 Å². The van der Waals surface area contributed by atoms with E-state index < -0.39 is 25.5 Å². The van der Waals surface area contributed by atoms with Crippen molar-refractivity contribution in [3.63, 3.8) is 0 Å². The van der Waals surface area contributed by atoms with Gasteiger partial charge in [-0.15, -0.1) is 0 Å². The standard InChI is InChI=1S/C11H11NO6S/c1-18-10(13)11(6-7-11)19(16,17)9-4-2-8(3-5-9)12(14)15/h2-5H,6-7H2,1H3. The second kappa shape index (κ2) is 4.30. The summed E-state index contributed by atoms with van der Waals surface area (Å²) in [6.45, 7) is 0. The van der Waals surface area contributed by atoms with E-state index in [1.165, 1.54) is 0 Å². The van der Waals surface area contributed by atoms with Crippen LogP contribution in [-0.4, -0.2) is 31.2 Å². The van der Waals surface area contributed by atoms with E-state index >= 15 is 0 Å². The molecule has 0 saturated heterocycles. The first-order chi connectivity index (χ1) is 8.85. The smallest absolute Gasteiger partial charge is 0.327 e. The zero-order chi connectivity index (χ0) is 14.3. The van der Waals surface area contributed by atoms with Crippen LogP contribution in [-0.2, 0) is 19.4 Å². The van der Waals surface area contributed by atoms with Gasteiger partial charge in [-0.2, -0.15) is 0 Å². The van der Waals surface area contributed by atoms with Crippen LogP contribution < -0.4 is 0 Å². The summed E-state index contributed by atoms with van der Waals surface area (Å²) in [6, 6.07) is 4.47. The summed E-state index contributed by atoms with van der Waals surface area (Å²) in [5.74, 6) is -0.786. The lowest BCUT2D eigenvalue weighted by Gasteiger charge is -2.13. The maximum atomic E-state index is 12.3. The molecule has 0 radical (unpaired) electrons. The summed E-state index contributed by atoms with van der Waals surface area (Å²) in [7, 11) is -2.75. The minimum Gasteiger partial charge on any atom is -0.468 e. The third-order valence-corrected chi connectivity index (χ3v) is 5.63. The molecule has 0 unspecified atom stereocenters. The molecule has 1 aliphatic carbocycles. The Bertz CT molecular complexity index is 630. The molecular formula is C11H11NO6S. The lowest BCUT2D eigenvalue weighted by atomic mass is 10.3. The Labute approximate surface area is 109 Å². The Balaban J connectivity index is 2.41. The third-order valence-electron chi connectivity index (χ3n) is 3.13. The zero-order valence-corrected chi connectivity index (χ0v) is 10.8. The highest BCUT2D eigenvalue weighted by molar-refractivity contribution is 7.94. The second-order valence-electron chi connectivity index (χ2n) is 4.24. The Morgan fingerprint density at radius 1 is 1.32 bits per heavy atom. The van der Waals surface area contributed by atoms with E-state index in [4.69, 9.17) is 0 Å². The molecule has 0 bridgehead atoms. The number of nitrogens with zero attached hydrogens (tertiary/aromatic N) is 1. The molecule has 0 aromatic heterocycles. The van der Waals surface area contributed by atoms with Gasteiger partial charge < -0.3 is 4.74 Å². The molecule has 0 atom stereocenters. The number of hydrogen-bond acceptors (Lipinski definition) is 6. The van der Waals surface area contributed by atoms with Crippen molar-refractivity contribution < 1.29 is 22.9 Å². The van der Waals surface area contributed by atoms with Crippen molar-refractivity contribution in [2.75, 3.05) is 7.11 Å². The van der Waals surface area contributed by atoms with Crippen LogP contribution in [0.2, 0.25) is 0 Å². The molecule has 102 valence electrons. The average molecular weight is 285 g/mol. The first kappa shape index (κ1) is 13.5. The maximum Gasteiger partial charge on any atom is 0.327 e. The normalized spacial score (nSPS) is 16.7. The first-order valence-corrected chi connectivity index (χ1v) is 6.91. The molecular weight excluding hydrogens is 274 g/mol. The molecule has 8 heteroatoms. The van der Waals surface area contributed by atoms with Crippen LogP contribution in [0.5, 0.6) is 0 Å². The molecule has 7 nitrogen and oxygen atoms in total. The number of nitro groups is 1. The molecule has 1 aromatic carbocycles. The van der Waals surface area contributed by atoms with Gasteiger partial charge in [0.15, 0.2) is 14.6 Å². The van der Waals surface area contributed by atoms with Crippen LogP contribution in [0.25, 0.3) is 0 Å². The predicted octanol–water partition coefficient (Wildman–Crippen LogP) is 1.07. The molecule has 1 fully saturated rings. The van der Waals surface area contributed by atoms with Crippen LogP contribution in [0.4, 0.5) is 5.69 Å². The van der Waals surface area contributed by atoms with Crippen LogP contribution in [0.3, 0.4) is 0 Å². The van der Waals surface area contributed by atoms with E-state index in [0.29, 0.717) is 0 Å². The minimum absolute atomic E-state index is 0.110. The number of nitro benzene ring substituents is 1. The highest BCUT2D eigenvalue weighted by Crippen LogP contribution is 2.47. The van der Waals surface area contributed by atoms with Crippen LogP contribution in [0.1, 0.15) is 12.8 Å². The van der Waals surface area contributed by atoms with Gasteiger partial charge in [-0.3, -0.25) is 14.9 Å². The van der Waals surface area contributed by atoms with E-state index in [1.54, 1.807) is 0 Å². The predicted molar refractivity (Wildman–Crippen MR) is 64.3 cm³/mol. The lowest BCUT2D eigenvalue weighted by molar-refractivity contribution is -0.384. The van der Waals surface area contributed by atoms with Crippen molar-refractivity contribution in [1.82, 2.24) is 0 Å². The number of benzene rings is 1. The molecule has 2 rings (SSSR count). The monoisotopic (exact) mass is 285 g/mol. The van der Waals surface area contributed by atoms with Crippen molar-refractivity contribution >= 4 is 21.5 Å². The van der Waals surface area contributed by atoms with E-state index in [2.05, 4.69) is 4.74 Å². The number of carbonyl (C=O) groups excluding carboxylic acids is 1. The van der Waals surface area contributed by atoms with Crippen molar-refractivity contribution in [2.24, 2.45) is 0 Å². The molecule has 0 N–H and O–H groups in total. The summed E-state index contributed by atoms with van der Waals surface area (Å²) < 4.78 is 27.7. The highest BCUT2D eigenvalue weighted by Gasteiger charge is 2.62. The van der Waals surface area contributed by atoms with Crippen LogP contribution >= 0.6 is 0 Å². The maximum absolute atomic E-state index is 12.3. The SMILES string of the molecule is COC(=O)C1(S(=O)(=O)c2ccc([N+](=O)[O-])cc2)CC1. The molecule has 0 aliphatic heterocycles. The number of rotatable bonds is 4. The van der Waals surface area contributed by atoms with Crippen molar-refractivity contribution in [3.8, 4) is 0 Å². The van der Waals surface area contributed by atoms with Gasteiger partial charge in [-0.05, 0) is 25.0 Å². The summed E-state index contributed by atoms with van der Waals surface area (Å²) in [5.41, 5.74) is -0.207. The van der Waals surface area contributed by atoms with Gasteiger partial charge in [0, 0.05) is 12.1 Å². The van der Waals surface area contributed by atoms with Gasteiger partial charge in [0.25, 0.3) is 5.69 Å². The van der Waals surface area contributed by atoms with Crippen LogP contribution in [0, 0.1) is 10.1 Å². The molecule has 0 amide bonds. The average Bonchev–Trinajstić information content (AvgIpc) is 3.19. The number of ether oxygens (including phenoxy) is 1. The summed E-state index contributed by atoms with van der Waals surface area (Å²) in [4.78, 5) is 21.4. The van der Waals surface area contributed by atoms with Gasteiger partial charge in [0.2, 0.25) is 0 Å². The lowest BCUT2D eigenvalue weighted by Crippen LogP contribution is -2.33. The molecule has 1 aromatic rings. The van der Waals surface area contributed by atoms with Gasteiger partial charge in [0.1, 0.15) is 0 Å². The number of methoxy groups -OCH3 is 1. The Morgan fingerprint density at radius 3 is 2.21 bits per heavy atom. The Kier molecular flexibility index (Phi) is 3.05. The molecule has 0 heterocycles. The van der Waals surface area contributed by atoms with Gasteiger partial charge in [0.05, 0.1) is 16.9 Å². The number of non-ortho nitro benzene ring substituents is 1. The summed E-state index contributed by atoms with van der Waals surface area (Å²) in [6.07, 6.45) is 0.415. The van der Waals surface area contributed by atoms with Crippen molar-refractivity contribution in [1.29, 1.82) is 0 Å². The summed E-state index contributed by atoms with van der Waals surface area (Å²) in [5, 5.41) is 10.5. The number of sulfone groups is 1.